The van der Waals surface area contributed by atoms with Crippen molar-refractivity contribution in [1.82, 2.24) is 14.8 Å². The first-order valence-corrected chi connectivity index (χ1v) is 9.46. The Bertz CT molecular complexity index is 1310. The Morgan fingerprint density at radius 3 is 2.67 bits per heavy atom. The molecule has 4 aromatic rings. The maximum atomic E-state index is 12.5. The predicted molar refractivity (Wildman–Crippen MR) is 117 cm³/mol. The lowest BCUT2D eigenvalue weighted by Gasteiger charge is -2.10. The summed E-state index contributed by atoms with van der Waals surface area (Å²) >= 11 is 0. The molecule has 0 unspecified atom stereocenters. The highest BCUT2D eigenvalue weighted by molar-refractivity contribution is 6.02. The molecule has 0 bridgehead atoms. The SMILES string of the molecule is Cc1ccc(/C=C/C(=O)Nc2c(C#N)cnn2-c2cc(C)c3ccccc3n2)cc1. The molecule has 1 amide bonds. The number of benzene rings is 2. The van der Waals surface area contributed by atoms with Crippen molar-refractivity contribution in [1.29, 1.82) is 5.26 Å². The molecule has 0 spiro atoms. The van der Waals surface area contributed by atoms with E-state index in [9.17, 15) is 10.1 Å². The quantitative estimate of drug-likeness (QED) is 0.515. The van der Waals surface area contributed by atoms with E-state index in [0.29, 0.717) is 11.6 Å². The van der Waals surface area contributed by atoms with Gasteiger partial charge >= 0.3 is 0 Å². The molecule has 2 heterocycles. The third-order valence-electron chi connectivity index (χ3n) is 4.76. The van der Waals surface area contributed by atoms with Crippen LogP contribution in [-0.4, -0.2) is 20.7 Å². The zero-order valence-electron chi connectivity index (χ0n) is 16.6. The molecule has 146 valence electrons. The standard InChI is InChI=1S/C24H19N5O/c1-16-7-9-18(10-8-16)11-12-23(30)28-24-19(14-25)15-26-29(24)22-13-17(2)20-5-3-4-6-21(20)27-22/h3-13,15H,1-2H3,(H,28,30)/b12-11+. The van der Waals surface area contributed by atoms with Crippen molar-refractivity contribution >= 4 is 28.7 Å². The van der Waals surface area contributed by atoms with Crippen LogP contribution in [0.25, 0.3) is 22.8 Å². The number of hydrogen-bond acceptors (Lipinski definition) is 4. The number of para-hydroxylation sites is 1. The molecule has 0 aliphatic rings. The van der Waals surface area contributed by atoms with Gasteiger partial charge in [0.05, 0.1) is 11.7 Å². The van der Waals surface area contributed by atoms with Crippen LogP contribution in [-0.2, 0) is 4.79 Å². The molecule has 2 aromatic heterocycles. The Kier molecular flexibility index (Phi) is 5.10. The van der Waals surface area contributed by atoms with Crippen LogP contribution in [0.3, 0.4) is 0 Å². The number of carbonyl (C=O) groups is 1. The first-order chi connectivity index (χ1) is 14.5. The zero-order chi connectivity index (χ0) is 21.1. The smallest absolute Gasteiger partial charge is 0.249 e. The minimum absolute atomic E-state index is 0.264. The monoisotopic (exact) mass is 393 g/mol. The summed E-state index contributed by atoms with van der Waals surface area (Å²) in [4.78, 5) is 17.2. The Morgan fingerprint density at radius 2 is 1.90 bits per heavy atom. The number of amides is 1. The summed E-state index contributed by atoms with van der Waals surface area (Å²) in [6, 6.07) is 19.6. The van der Waals surface area contributed by atoms with Crippen LogP contribution >= 0.6 is 0 Å². The molecule has 0 saturated heterocycles. The van der Waals surface area contributed by atoms with Crippen LogP contribution in [0.1, 0.15) is 22.3 Å². The highest BCUT2D eigenvalue weighted by atomic mass is 16.1. The van der Waals surface area contributed by atoms with Gasteiger partial charge < -0.3 is 5.32 Å². The fourth-order valence-electron chi connectivity index (χ4n) is 3.17. The van der Waals surface area contributed by atoms with Crippen LogP contribution in [0.5, 0.6) is 0 Å². The van der Waals surface area contributed by atoms with Gasteiger partial charge in [-0.3, -0.25) is 4.79 Å². The van der Waals surface area contributed by atoms with E-state index in [-0.39, 0.29) is 11.5 Å². The number of aryl methyl sites for hydroxylation is 2. The molecule has 2 aromatic carbocycles. The van der Waals surface area contributed by atoms with Gasteiger partial charge in [0, 0.05) is 11.5 Å². The molecule has 0 radical (unpaired) electrons. The van der Waals surface area contributed by atoms with Crippen LogP contribution in [0.15, 0.2) is 66.9 Å². The summed E-state index contributed by atoms with van der Waals surface area (Å²) in [5.74, 6) is 0.468. The molecule has 0 fully saturated rings. The van der Waals surface area contributed by atoms with E-state index in [1.54, 1.807) is 6.08 Å². The van der Waals surface area contributed by atoms with E-state index >= 15 is 0 Å². The van der Waals surface area contributed by atoms with Gasteiger partial charge in [-0.05, 0) is 43.2 Å². The number of aromatic nitrogens is 3. The third kappa shape index (κ3) is 3.82. The minimum atomic E-state index is -0.355. The molecular formula is C24H19N5O. The lowest BCUT2D eigenvalue weighted by Crippen LogP contribution is -2.14. The second-order valence-corrected chi connectivity index (χ2v) is 6.98. The third-order valence-corrected chi connectivity index (χ3v) is 4.76. The average Bonchev–Trinajstić information content (AvgIpc) is 3.16. The van der Waals surface area contributed by atoms with Gasteiger partial charge in [-0.1, -0.05) is 48.0 Å². The van der Waals surface area contributed by atoms with Gasteiger partial charge in [-0.2, -0.15) is 15.0 Å². The summed E-state index contributed by atoms with van der Waals surface area (Å²) in [5.41, 5.74) is 4.17. The van der Waals surface area contributed by atoms with Crippen molar-refractivity contribution in [2.45, 2.75) is 13.8 Å². The maximum absolute atomic E-state index is 12.5. The molecule has 1 N–H and O–H groups in total. The first kappa shape index (κ1) is 19.1. The molecule has 0 aliphatic heterocycles. The fraction of sp³-hybridized carbons (Fsp3) is 0.0833. The van der Waals surface area contributed by atoms with Gasteiger partial charge in [-0.25, -0.2) is 4.98 Å². The van der Waals surface area contributed by atoms with Crippen LogP contribution in [0.4, 0.5) is 5.82 Å². The lowest BCUT2D eigenvalue weighted by atomic mass is 10.1. The van der Waals surface area contributed by atoms with E-state index in [2.05, 4.69) is 21.5 Å². The molecule has 0 atom stereocenters. The number of fused-ring (bicyclic) bond motifs is 1. The Balaban J connectivity index is 1.66. The number of anilines is 1. The van der Waals surface area contributed by atoms with Crippen molar-refractivity contribution in [3.05, 3.63) is 89.1 Å². The van der Waals surface area contributed by atoms with E-state index in [0.717, 1.165) is 27.6 Å². The largest absolute Gasteiger partial charge is 0.306 e. The van der Waals surface area contributed by atoms with Crippen molar-refractivity contribution in [3.8, 4) is 11.9 Å². The second kappa shape index (κ2) is 8.02. The topological polar surface area (TPSA) is 83.6 Å². The van der Waals surface area contributed by atoms with Gasteiger partial charge in [0.1, 0.15) is 11.6 Å². The summed E-state index contributed by atoms with van der Waals surface area (Å²) in [6.45, 7) is 4.00. The van der Waals surface area contributed by atoms with Crippen molar-refractivity contribution in [3.63, 3.8) is 0 Å². The molecule has 0 saturated carbocycles. The van der Waals surface area contributed by atoms with Gasteiger partial charge in [0.25, 0.3) is 0 Å². The molecule has 6 heteroatoms. The van der Waals surface area contributed by atoms with Gasteiger partial charge in [0.15, 0.2) is 11.6 Å². The molecule has 0 aliphatic carbocycles. The highest BCUT2D eigenvalue weighted by Gasteiger charge is 2.16. The molecular weight excluding hydrogens is 374 g/mol. The second-order valence-electron chi connectivity index (χ2n) is 6.98. The van der Waals surface area contributed by atoms with Gasteiger partial charge in [0.2, 0.25) is 5.91 Å². The van der Waals surface area contributed by atoms with Crippen LogP contribution in [0.2, 0.25) is 0 Å². The Labute approximate surface area is 174 Å². The first-order valence-electron chi connectivity index (χ1n) is 9.46. The van der Waals surface area contributed by atoms with Crippen LogP contribution < -0.4 is 5.32 Å². The maximum Gasteiger partial charge on any atom is 0.249 e. The van der Waals surface area contributed by atoms with Gasteiger partial charge in [-0.15, -0.1) is 0 Å². The minimum Gasteiger partial charge on any atom is -0.306 e. The van der Waals surface area contributed by atoms with Crippen LogP contribution in [0, 0.1) is 25.2 Å². The highest BCUT2D eigenvalue weighted by Crippen LogP contribution is 2.23. The summed E-state index contributed by atoms with van der Waals surface area (Å²) in [6.07, 6.45) is 4.58. The molecule has 30 heavy (non-hydrogen) atoms. The number of carbonyl (C=O) groups excluding carboxylic acids is 1. The number of hydrogen-bond donors (Lipinski definition) is 1. The normalized spacial score (nSPS) is 11.0. The average molecular weight is 393 g/mol. The number of pyridine rings is 1. The Morgan fingerprint density at radius 1 is 1.13 bits per heavy atom. The zero-order valence-corrected chi connectivity index (χ0v) is 16.6. The number of nitriles is 1. The fourth-order valence-corrected chi connectivity index (χ4v) is 3.17. The van der Waals surface area contributed by atoms with E-state index in [1.807, 2.05) is 68.4 Å². The number of nitrogens with zero attached hydrogens (tertiary/aromatic N) is 4. The van der Waals surface area contributed by atoms with Crippen molar-refractivity contribution in [2.24, 2.45) is 0 Å². The van der Waals surface area contributed by atoms with Crippen molar-refractivity contribution in [2.75, 3.05) is 5.32 Å². The summed E-state index contributed by atoms with van der Waals surface area (Å²) in [5, 5.41) is 17.5. The van der Waals surface area contributed by atoms with E-state index in [1.165, 1.54) is 17.0 Å². The molecule has 6 nitrogen and oxygen atoms in total. The number of rotatable bonds is 4. The molecule has 4 rings (SSSR count). The van der Waals surface area contributed by atoms with Crippen molar-refractivity contribution < 1.29 is 4.79 Å². The summed E-state index contributed by atoms with van der Waals surface area (Å²) in [7, 11) is 0. The summed E-state index contributed by atoms with van der Waals surface area (Å²) < 4.78 is 1.48. The number of nitrogens with one attached hydrogen (secondary N) is 1. The lowest BCUT2D eigenvalue weighted by molar-refractivity contribution is -0.111. The van der Waals surface area contributed by atoms with E-state index < -0.39 is 0 Å². The Hall–Kier alpha value is -4.24. The van der Waals surface area contributed by atoms with E-state index in [4.69, 9.17) is 0 Å². The predicted octanol–water partition coefficient (Wildman–Crippen LogP) is 4.56.